The van der Waals surface area contributed by atoms with E-state index in [2.05, 4.69) is 5.32 Å². The van der Waals surface area contributed by atoms with Crippen LogP contribution < -0.4 is 11.1 Å². The summed E-state index contributed by atoms with van der Waals surface area (Å²) in [5.41, 5.74) is 5.36. The normalized spacial score (nSPS) is 10.0. The highest BCUT2D eigenvalue weighted by molar-refractivity contribution is 7.80. The molecule has 0 bridgehead atoms. The molecule has 0 radical (unpaired) electrons. The van der Waals surface area contributed by atoms with E-state index in [4.69, 9.17) is 22.7 Å². The molecule has 0 fully saturated rings. The van der Waals surface area contributed by atoms with Crippen LogP contribution in [0.3, 0.4) is 0 Å². The molecule has 0 heterocycles. The Balaban J connectivity index is 3.08. The molecule has 0 aromatic heterocycles. The third-order valence-electron chi connectivity index (χ3n) is 1.63. The SMILES string of the molecule is CCNCC(=S)OCCCCCN. The number of rotatable bonds is 8. The van der Waals surface area contributed by atoms with Gasteiger partial charge in [0.2, 0.25) is 0 Å². The van der Waals surface area contributed by atoms with E-state index in [0.717, 1.165) is 39.0 Å². The molecule has 0 rings (SSSR count). The third-order valence-corrected chi connectivity index (χ3v) is 1.89. The number of likely N-dealkylation sites (N-methyl/N-ethyl adjacent to an activating group) is 1. The van der Waals surface area contributed by atoms with Crippen molar-refractivity contribution in [3.63, 3.8) is 0 Å². The highest BCUT2D eigenvalue weighted by atomic mass is 32.1. The molecule has 3 nitrogen and oxygen atoms in total. The molecule has 0 aromatic rings. The fraction of sp³-hybridized carbons (Fsp3) is 0.889. The van der Waals surface area contributed by atoms with Crippen LogP contribution in [0.25, 0.3) is 0 Å². The maximum Gasteiger partial charge on any atom is 0.173 e. The second kappa shape index (κ2) is 9.89. The van der Waals surface area contributed by atoms with Crippen LogP contribution in [0.4, 0.5) is 0 Å². The van der Waals surface area contributed by atoms with Crippen LogP contribution in [-0.2, 0) is 4.74 Å². The summed E-state index contributed by atoms with van der Waals surface area (Å²) in [6.45, 7) is 5.15. The Bertz CT molecular complexity index is 131. The lowest BCUT2D eigenvalue weighted by atomic mass is 10.2. The Hall–Kier alpha value is -0.190. The predicted octanol–water partition coefficient (Wildman–Crippen LogP) is 1.07. The van der Waals surface area contributed by atoms with Gasteiger partial charge in [-0.05, 0) is 44.6 Å². The van der Waals surface area contributed by atoms with Gasteiger partial charge < -0.3 is 15.8 Å². The van der Waals surface area contributed by atoms with Crippen molar-refractivity contribution < 1.29 is 4.74 Å². The van der Waals surface area contributed by atoms with Crippen LogP contribution in [0.2, 0.25) is 0 Å². The first kappa shape index (κ1) is 12.8. The van der Waals surface area contributed by atoms with Crippen molar-refractivity contribution in [3.8, 4) is 0 Å². The van der Waals surface area contributed by atoms with E-state index < -0.39 is 0 Å². The fourth-order valence-electron chi connectivity index (χ4n) is 0.887. The van der Waals surface area contributed by atoms with E-state index >= 15 is 0 Å². The average Bonchev–Trinajstić information content (AvgIpc) is 2.14. The molecule has 0 aromatic carbocycles. The molecule has 0 aliphatic rings. The summed E-state index contributed by atoms with van der Waals surface area (Å²) in [4.78, 5) is 0. The number of ether oxygens (including phenoxy) is 1. The molecule has 3 N–H and O–H groups in total. The Kier molecular flexibility index (Phi) is 9.75. The summed E-state index contributed by atoms with van der Waals surface area (Å²) < 4.78 is 5.32. The molecule has 0 spiro atoms. The minimum atomic E-state index is 0.662. The summed E-state index contributed by atoms with van der Waals surface area (Å²) in [6.07, 6.45) is 3.24. The summed E-state index contributed by atoms with van der Waals surface area (Å²) in [6, 6.07) is 0. The van der Waals surface area contributed by atoms with Crippen molar-refractivity contribution in [2.45, 2.75) is 26.2 Å². The van der Waals surface area contributed by atoms with Crippen molar-refractivity contribution in [1.29, 1.82) is 0 Å². The molecule has 0 saturated carbocycles. The van der Waals surface area contributed by atoms with Crippen LogP contribution >= 0.6 is 12.2 Å². The maximum absolute atomic E-state index is 5.36. The average molecular weight is 204 g/mol. The van der Waals surface area contributed by atoms with Gasteiger partial charge >= 0.3 is 0 Å². The highest BCUT2D eigenvalue weighted by Crippen LogP contribution is 1.94. The molecular formula is C9H20N2OS. The number of unbranched alkanes of at least 4 members (excludes halogenated alkanes) is 2. The van der Waals surface area contributed by atoms with E-state index in [0.29, 0.717) is 11.6 Å². The number of hydrogen-bond donors (Lipinski definition) is 2. The quantitative estimate of drug-likeness (QED) is 0.458. The van der Waals surface area contributed by atoms with Crippen molar-refractivity contribution >= 4 is 17.3 Å². The lowest BCUT2D eigenvalue weighted by Crippen LogP contribution is -2.23. The second-order valence-corrected chi connectivity index (χ2v) is 3.31. The first-order valence-corrected chi connectivity index (χ1v) is 5.28. The van der Waals surface area contributed by atoms with E-state index in [9.17, 15) is 0 Å². The van der Waals surface area contributed by atoms with E-state index in [1.807, 2.05) is 6.92 Å². The highest BCUT2D eigenvalue weighted by Gasteiger charge is 1.95. The summed E-state index contributed by atoms with van der Waals surface area (Å²) in [5, 5.41) is 3.78. The first-order valence-electron chi connectivity index (χ1n) is 4.87. The molecule has 0 amide bonds. The van der Waals surface area contributed by atoms with Gasteiger partial charge in [-0.3, -0.25) is 0 Å². The Morgan fingerprint density at radius 3 is 2.77 bits per heavy atom. The third kappa shape index (κ3) is 9.73. The van der Waals surface area contributed by atoms with Gasteiger partial charge in [0.15, 0.2) is 5.05 Å². The minimum Gasteiger partial charge on any atom is -0.486 e. The molecule has 0 aliphatic heterocycles. The molecular weight excluding hydrogens is 184 g/mol. The van der Waals surface area contributed by atoms with E-state index in [1.54, 1.807) is 0 Å². The van der Waals surface area contributed by atoms with Gasteiger partial charge in [0.05, 0.1) is 13.2 Å². The minimum absolute atomic E-state index is 0.662. The first-order chi connectivity index (χ1) is 6.31. The van der Waals surface area contributed by atoms with Gasteiger partial charge in [-0.2, -0.15) is 0 Å². The van der Waals surface area contributed by atoms with Gasteiger partial charge in [-0.15, -0.1) is 0 Å². The van der Waals surface area contributed by atoms with Crippen molar-refractivity contribution in [1.82, 2.24) is 5.32 Å². The largest absolute Gasteiger partial charge is 0.486 e. The van der Waals surface area contributed by atoms with Gasteiger partial charge in [-0.1, -0.05) is 6.92 Å². The van der Waals surface area contributed by atoms with Crippen LogP contribution in [0.15, 0.2) is 0 Å². The molecule has 0 saturated heterocycles. The zero-order valence-electron chi connectivity index (χ0n) is 8.34. The Morgan fingerprint density at radius 1 is 1.38 bits per heavy atom. The topological polar surface area (TPSA) is 47.3 Å². The molecule has 0 aliphatic carbocycles. The number of nitrogens with one attached hydrogen (secondary N) is 1. The lowest BCUT2D eigenvalue weighted by molar-refractivity contribution is 0.294. The van der Waals surface area contributed by atoms with Gasteiger partial charge in [0.25, 0.3) is 0 Å². The predicted molar refractivity (Wildman–Crippen MR) is 60.0 cm³/mol. The van der Waals surface area contributed by atoms with Crippen LogP contribution in [0.5, 0.6) is 0 Å². The molecule has 0 atom stereocenters. The van der Waals surface area contributed by atoms with Gasteiger partial charge in [-0.25, -0.2) is 0 Å². The summed E-state index contributed by atoms with van der Waals surface area (Å²) in [5.74, 6) is 0. The van der Waals surface area contributed by atoms with Crippen LogP contribution in [0.1, 0.15) is 26.2 Å². The second-order valence-electron chi connectivity index (χ2n) is 2.85. The molecule has 4 heteroatoms. The molecule has 78 valence electrons. The Morgan fingerprint density at radius 2 is 2.15 bits per heavy atom. The molecule has 13 heavy (non-hydrogen) atoms. The Labute approximate surface area is 86.0 Å². The molecule has 0 unspecified atom stereocenters. The number of thiocarbonyl (C=S) groups is 1. The van der Waals surface area contributed by atoms with Crippen LogP contribution in [-0.4, -0.2) is 31.3 Å². The standard InChI is InChI=1S/C9H20N2OS/c1-2-11-8-9(13)12-7-5-3-4-6-10/h11H,2-8,10H2,1H3. The smallest absolute Gasteiger partial charge is 0.173 e. The monoisotopic (exact) mass is 204 g/mol. The fourth-order valence-corrected chi connectivity index (χ4v) is 1.07. The van der Waals surface area contributed by atoms with Gasteiger partial charge in [0.1, 0.15) is 0 Å². The van der Waals surface area contributed by atoms with E-state index in [1.165, 1.54) is 0 Å². The number of nitrogens with two attached hydrogens (primary N) is 1. The summed E-state index contributed by atoms with van der Waals surface area (Å²) in [7, 11) is 0. The van der Waals surface area contributed by atoms with Crippen molar-refractivity contribution in [3.05, 3.63) is 0 Å². The van der Waals surface area contributed by atoms with E-state index in [-0.39, 0.29) is 0 Å². The van der Waals surface area contributed by atoms with Crippen molar-refractivity contribution in [2.24, 2.45) is 5.73 Å². The van der Waals surface area contributed by atoms with Crippen molar-refractivity contribution in [2.75, 3.05) is 26.2 Å². The number of hydrogen-bond acceptors (Lipinski definition) is 4. The summed E-state index contributed by atoms with van der Waals surface area (Å²) >= 11 is 4.99. The zero-order chi connectivity index (χ0) is 9.94. The maximum atomic E-state index is 5.36. The van der Waals surface area contributed by atoms with Gasteiger partial charge in [0, 0.05) is 0 Å². The van der Waals surface area contributed by atoms with Crippen LogP contribution in [0, 0.1) is 0 Å². The zero-order valence-corrected chi connectivity index (χ0v) is 9.16. The lowest BCUT2D eigenvalue weighted by Gasteiger charge is -2.06.